The van der Waals surface area contributed by atoms with E-state index >= 15 is 0 Å². The highest BCUT2D eigenvalue weighted by Crippen LogP contribution is 2.46. The van der Waals surface area contributed by atoms with E-state index in [1.807, 2.05) is 11.0 Å². The Bertz CT molecular complexity index is 1140. The predicted octanol–water partition coefficient (Wildman–Crippen LogP) is 3.47. The summed E-state index contributed by atoms with van der Waals surface area (Å²) in [7, 11) is 0. The normalized spacial score (nSPS) is 20.1. The van der Waals surface area contributed by atoms with E-state index in [9.17, 15) is 15.2 Å². The number of rotatable bonds is 8. The van der Waals surface area contributed by atoms with Crippen LogP contribution in [0.25, 0.3) is 6.08 Å². The smallest absolute Gasteiger partial charge is 0.225 e. The topological polar surface area (TPSA) is 103 Å². The van der Waals surface area contributed by atoms with Crippen LogP contribution in [0.5, 0.6) is 11.5 Å². The van der Waals surface area contributed by atoms with Crippen molar-refractivity contribution < 1.29 is 14.6 Å². The number of carbonyl (C=O) groups is 1. The van der Waals surface area contributed by atoms with E-state index in [4.69, 9.17) is 9.72 Å². The van der Waals surface area contributed by atoms with Crippen LogP contribution in [-0.4, -0.2) is 58.2 Å². The highest BCUT2D eigenvalue weighted by Gasteiger charge is 2.41. The van der Waals surface area contributed by atoms with Crippen molar-refractivity contribution >= 4 is 17.8 Å². The second kappa shape index (κ2) is 9.43. The Morgan fingerprint density at radius 1 is 1.29 bits per heavy atom. The average Bonchev–Trinajstić information content (AvgIpc) is 3.77. The Kier molecular flexibility index (Phi) is 6.20. The van der Waals surface area contributed by atoms with E-state index in [2.05, 4.69) is 22.5 Å². The van der Waals surface area contributed by atoms with Gasteiger partial charge in [0.1, 0.15) is 17.6 Å². The molecule has 5 rings (SSSR count). The molecule has 3 fully saturated rings. The molecule has 0 spiro atoms. The van der Waals surface area contributed by atoms with Gasteiger partial charge in [0, 0.05) is 50.3 Å². The lowest BCUT2D eigenvalue weighted by atomic mass is 10.0. The van der Waals surface area contributed by atoms with Crippen LogP contribution in [0.2, 0.25) is 0 Å². The summed E-state index contributed by atoms with van der Waals surface area (Å²) < 4.78 is 6.19. The van der Waals surface area contributed by atoms with Gasteiger partial charge in [0.25, 0.3) is 0 Å². The summed E-state index contributed by atoms with van der Waals surface area (Å²) in [6.45, 7) is 5.47. The zero-order valence-corrected chi connectivity index (χ0v) is 19.2. The fourth-order valence-electron chi connectivity index (χ4n) is 4.72. The third kappa shape index (κ3) is 4.62. The van der Waals surface area contributed by atoms with Crippen molar-refractivity contribution in [2.24, 2.45) is 5.92 Å². The Morgan fingerprint density at radius 3 is 2.79 bits per heavy atom. The fourth-order valence-corrected chi connectivity index (χ4v) is 4.72. The number of aromatic nitrogens is 2. The van der Waals surface area contributed by atoms with Gasteiger partial charge >= 0.3 is 0 Å². The highest BCUT2D eigenvalue weighted by molar-refractivity contribution is 5.77. The average molecular weight is 460 g/mol. The number of aliphatic hydroxyl groups is 1. The van der Waals surface area contributed by atoms with Gasteiger partial charge in [0.05, 0.1) is 29.6 Å². The molecule has 1 amide bonds. The highest BCUT2D eigenvalue weighted by atomic mass is 16.5. The van der Waals surface area contributed by atoms with Gasteiger partial charge in [-0.1, -0.05) is 6.58 Å². The summed E-state index contributed by atoms with van der Waals surface area (Å²) in [4.78, 5) is 25.9. The monoisotopic (exact) mass is 459 g/mol. The number of hydrogen-bond acceptors (Lipinski definition) is 7. The molecule has 3 heterocycles. The maximum atomic E-state index is 12.6. The molecule has 2 saturated carbocycles. The molecule has 0 aromatic carbocycles. The van der Waals surface area contributed by atoms with Gasteiger partial charge in [-0.2, -0.15) is 5.26 Å². The van der Waals surface area contributed by atoms with E-state index < -0.39 is 0 Å². The molecule has 2 aliphatic carbocycles. The van der Waals surface area contributed by atoms with Crippen molar-refractivity contribution in [1.82, 2.24) is 14.9 Å². The molecular formula is C26H29N5O3. The lowest BCUT2D eigenvalue weighted by Crippen LogP contribution is -2.56. The molecule has 2 aromatic heterocycles. The Morgan fingerprint density at radius 2 is 2.12 bits per heavy atom. The number of piperazine rings is 1. The van der Waals surface area contributed by atoms with Gasteiger partial charge in [-0.05, 0) is 43.7 Å². The van der Waals surface area contributed by atoms with E-state index in [1.165, 1.54) is 0 Å². The lowest BCUT2D eigenvalue weighted by Gasteiger charge is -2.42. The van der Waals surface area contributed by atoms with Gasteiger partial charge in [0.2, 0.25) is 5.91 Å². The summed E-state index contributed by atoms with van der Waals surface area (Å²) >= 11 is 0. The number of ether oxygens (including phenoxy) is 1. The molecule has 2 aromatic rings. The molecule has 1 aliphatic heterocycles. The minimum Gasteiger partial charge on any atom is -0.455 e. The maximum absolute atomic E-state index is 12.6. The first kappa shape index (κ1) is 22.4. The molecule has 8 heteroatoms. The minimum atomic E-state index is -0.130. The Labute approximate surface area is 199 Å². The fraction of sp³-hybridized carbons (Fsp3) is 0.462. The standard InChI is InChI=1S/C26H29N5O3/c1-2-20-14-21(7-9-28-20)34-23-13-19(15-27)26(29-25(23)18-5-6-18)30-10-11-31(24(33)8-12-32)22(16-30)17-3-4-17/h2,7,9,13-14,17-18,22,32H,1,3-6,8,10-12,16H2. The first-order valence-electron chi connectivity index (χ1n) is 12.0. The van der Waals surface area contributed by atoms with Crippen LogP contribution >= 0.6 is 0 Å². The first-order valence-corrected chi connectivity index (χ1v) is 12.0. The zero-order chi connectivity index (χ0) is 23.7. The first-order chi connectivity index (χ1) is 16.6. The van der Waals surface area contributed by atoms with Gasteiger partial charge < -0.3 is 19.6 Å². The van der Waals surface area contributed by atoms with Crippen LogP contribution in [0.3, 0.4) is 0 Å². The Balaban J connectivity index is 1.44. The number of nitrogens with zero attached hydrogens (tertiary/aromatic N) is 5. The zero-order valence-electron chi connectivity index (χ0n) is 19.2. The summed E-state index contributed by atoms with van der Waals surface area (Å²) in [5, 5.41) is 19.2. The molecule has 0 bridgehead atoms. The molecular weight excluding hydrogens is 430 g/mol. The van der Waals surface area contributed by atoms with Gasteiger partial charge in [-0.25, -0.2) is 4.98 Å². The van der Waals surface area contributed by atoms with E-state index in [1.54, 1.807) is 24.4 Å². The van der Waals surface area contributed by atoms with Crippen LogP contribution in [0.15, 0.2) is 31.0 Å². The van der Waals surface area contributed by atoms with Crippen molar-refractivity contribution in [3.05, 3.63) is 47.9 Å². The van der Waals surface area contributed by atoms with Gasteiger partial charge in [-0.3, -0.25) is 9.78 Å². The molecule has 1 N–H and O–H groups in total. The number of hydrogen-bond donors (Lipinski definition) is 1. The third-order valence-corrected chi connectivity index (χ3v) is 6.80. The molecule has 1 saturated heterocycles. The molecule has 1 atom stereocenters. The minimum absolute atomic E-state index is 0.00572. The third-order valence-electron chi connectivity index (χ3n) is 6.80. The molecule has 0 radical (unpaired) electrons. The molecule has 8 nitrogen and oxygen atoms in total. The summed E-state index contributed by atoms with van der Waals surface area (Å²) in [6.07, 6.45) is 7.82. The van der Waals surface area contributed by atoms with Crippen molar-refractivity contribution in [3.63, 3.8) is 0 Å². The van der Waals surface area contributed by atoms with E-state index in [-0.39, 0.29) is 25.0 Å². The summed E-state index contributed by atoms with van der Waals surface area (Å²) in [5.74, 6) is 2.74. The van der Waals surface area contributed by atoms with Crippen molar-refractivity contribution in [1.29, 1.82) is 5.26 Å². The predicted molar refractivity (Wildman–Crippen MR) is 127 cm³/mol. The van der Waals surface area contributed by atoms with Crippen LogP contribution in [0.1, 0.15) is 55.0 Å². The van der Waals surface area contributed by atoms with Gasteiger partial charge in [-0.15, -0.1) is 0 Å². The molecule has 34 heavy (non-hydrogen) atoms. The lowest BCUT2D eigenvalue weighted by molar-refractivity contribution is -0.135. The second-order valence-corrected chi connectivity index (χ2v) is 9.26. The molecule has 3 aliphatic rings. The Hall–Kier alpha value is -3.44. The number of carbonyl (C=O) groups excluding carboxylic acids is 1. The van der Waals surface area contributed by atoms with E-state index in [0.717, 1.165) is 37.1 Å². The van der Waals surface area contributed by atoms with Crippen molar-refractivity contribution in [2.75, 3.05) is 31.1 Å². The van der Waals surface area contributed by atoms with Crippen LogP contribution < -0.4 is 9.64 Å². The molecule has 1 unspecified atom stereocenters. The van der Waals surface area contributed by atoms with Crippen LogP contribution in [-0.2, 0) is 4.79 Å². The number of aliphatic hydroxyl groups excluding tert-OH is 1. The number of anilines is 1. The molecule has 176 valence electrons. The summed E-state index contributed by atoms with van der Waals surface area (Å²) in [5.41, 5.74) is 2.07. The number of nitriles is 1. The maximum Gasteiger partial charge on any atom is 0.225 e. The van der Waals surface area contributed by atoms with Crippen molar-refractivity contribution in [2.45, 2.75) is 44.1 Å². The SMILES string of the molecule is C=Cc1cc(Oc2cc(C#N)c(N3CCN(C(=O)CCO)C(C4CC4)C3)nc2C2CC2)ccn1. The summed E-state index contributed by atoms with van der Waals surface area (Å²) in [6, 6.07) is 7.81. The van der Waals surface area contributed by atoms with Crippen LogP contribution in [0.4, 0.5) is 5.82 Å². The largest absolute Gasteiger partial charge is 0.455 e. The number of pyridine rings is 2. The van der Waals surface area contributed by atoms with E-state index in [0.29, 0.717) is 54.4 Å². The van der Waals surface area contributed by atoms with Crippen LogP contribution in [0, 0.1) is 17.2 Å². The second-order valence-electron chi connectivity index (χ2n) is 9.26. The van der Waals surface area contributed by atoms with Gasteiger partial charge in [0.15, 0.2) is 5.75 Å². The van der Waals surface area contributed by atoms with Crippen molar-refractivity contribution in [3.8, 4) is 17.6 Å². The number of amides is 1. The quantitative estimate of drug-likeness (QED) is 0.645.